The number of aromatic nitrogens is 3. The summed E-state index contributed by atoms with van der Waals surface area (Å²) >= 11 is 7.34. The van der Waals surface area contributed by atoms with Gasteiger partial charge in [0.25, 0.3) is 5.56 Å². The molecular formula is C25H25ClN4O3S. The van der Waals surface area contributed by atoms with Gasteiger partial charge in [-0.15, -0.1) is 0 Å². The Labute approximate surface area is 206 Å². The van der Waals surface area contributed by atoms with Gasteiger partial charge in [-0.25, -0.2) is 4.98 Å². The first kappa shape index (κ1) is 24.2. The normalized spacial score (nSPS) is 11.4. The highest BCUT2D eigenvalue weighted by molar-refractivity contribution is 7.99. The summed E-state index contributed by atoms with van der Waals surface area (Å²) in [5, 5.41) is 5.27. The molecule has 7 nitrogen and oxygen atoms in total. The van der Waals surface area contributed by atoms with Crippen LogP contribution in [-0.4, -0.2) is 38.9 Å². The van der Waals surface area contributed by atoms with Crippen molar-refractivity contribution in [1.82, 2.24) is 14.5 Å². The minimum absolute atomic E-state index is 0.0949. The van der Waals surface area contributed by atoms with Gasteiger partial charge in [-0.05, 0) is 62.7 Å². The van der Waals surface area contributed by atoms with Gasteiger partial charge in [-0.1, -0.05) is 29.4 Å². The second-order valence-electron chi connectivity index (χ2n) is 8.00. The maximum absolute atomic E-state index is 13.2. The van der Waals surface area contributed by atoms with Crippen LogP contribution in [0.4, 0.5) is 5.69 Å². The fourth-order valence-electron chi connectivity index (χ4n) is 3.55. The van der Waals surface area contributed by atoms with Crippen molar-refractivity contribution in [3.63, 3.8) is 0 Å². The predicted octanol–water partition coefficient (Wildman–Crippen LogP) is 5.14. The third-order valence-electron chi connectivity index (χ3n) is 5.11. The molecule has 0 saturated carbocycles. The number of thioether (sulfide) groups is 1. The van der Waals surface area contributed by atoms with Crippen molar-refractivity contribution in [2.75, 3.05) is 17.7 Å². The van der Waals surface area contributed by atoms with Crippen molar-refractivity contribution in [2.24, 2.45) is 0 Å². The molecule has 0 spiro atoms. The van der Waals surface area contributed by atoms with Crippen LogP contribution in [-0.2, 0) is 16.1 Å². The molecule has 9 heteroatoms. The van der Waals surface area contributed by atoms with Gasteiger partial charge in [0.2, 0.25) is 5.91 Å². The lowest BCUT2D eigenvalue weighted by Gasteiger charge is -2.14. The first-order valence-electron chi connectivity index (χ1n) is 11.0. The molecule has 2 aromatic heterocycles. The Kier molecular flexibility index (Phi) is 7.82. The summed E-state index contributed by atoms with van der Waals surface area (Å²) in [7, 11) is 0. The van der Waals surface area contributed by atoms with Crippen LogP contribution in [0.25, 0.3) is 21.8 Å². The molecule has 1 N–H and O–H groups in total. The fraction of sp³-hybridized carbons (Fsp3) is 0.280. The molecule has 0 atom stereocenters. The molecule has 0 aliphatic heterocycles. The molecule has 0 aliphatic rings. The molecule has 0 unspecified atom stereocenters. The Hall–Kier alpha value is -2.94. The number of amides is 1. The van der Waals surface area contributed by atoms with Crippen LogP contribution >= 0.6 is 23.4 Å². The van der Waals surface area contributed by atoms with Gasteiger partial charge in [0.05, 0.1) is 34.0 Å². The largest absolute Gasteiger partial charge is 0.379 e. The molecule has 0 aliphatic carbocycles. The monoisotopic (exact) mass is 496 g/mol. The van der Waals surface area contributed by atoms with E-state index in [-0.39, 0.29) is 23.3 Å². The van der Waals surface area contributed by atoms with E-state index < -0.39 is 0 Å². The van der Waals surface area contributed by atoms with Crippen LogP contribution in [0.1, 0.15) is 20.3 Å². The third-order valence-corrected chi connectivity index (χ3v) is 6.32. The number of benzene rings is 2. The number of carbonyl (C=O) groups excluding carboxylic acids is 1. The number of carbonyl (C=O) groups is 1. The minimum Gasteiger partial charge on any atom is -0.379 e. The fourth-order valence-corrected chi connectivity index (χ4v) is 4.54. The molecule has 2 aromatic carbocycles. The molecular weight excluding hydrogens is 472 g/mol. The van der Waals surface area contributed by atoms with Crippen molar-refractivity contribution in [3.05, 3.63) is 70.1 Å². The molecule has 4 aromatic rings. The maximum atomic E-state index is 13.2. The maximum Gasteiger partial charge on any atom is 0.262 e. The van der Waals surface area contributed by atoms with Crippen molar-refractivity contribution in [1.29, 1.82) is 0 Å². The zero-order chi connectivity index (χ0) is 24.1. The van der Waals surface area contributed by atoms with Gasteiger partial charge in [-0.2, -0.15) is 0 Å². The van der Waals surface area contributed by atoms with Crippen LogP contribution in [0, 0.1) is 0 Å². The second kappa shape index (κ2) is 11.0. The summed E-state index contributed by atoms with van der Waals surface area (Å²) in [6.07, 6.45) is 2.49. The Morgan fingerprint density at radius 3 is 2.82 bits per heavy atom. The predicted molar refractivity (Wildman–Crippen MR) is 138 cm³/mol. The van der Waals surface area contributed by atoms with Gasteiger partial charge in [0.15, 0.2) is 5.16 Å². The molecule has 0 saturated heterocycles. The first-order valence-corrected chi connectivity index (χ1v) is 12.4. The molecule has 4 rings (SSSR count). The van der Waals surface area contributed by atoms with Crippen LogP contribution in [0.5, 0.6) is 0 Å². The highest BCUT2D eigenvalue weighted by atomic mass is 35.5. The third kappa shape index (κ3) is 5.75. The van der Waals surface area contributed by atoms with Crippen molar-refractivity contribution < 1.29 is 9.53 Å². The second-order valence-corrected chi connectivity index (χ2v) is 9.38. The van der Waals surface area contributed by atoms with Gasteiger partial charge in [-0.3, -0.25) is 19.1 Å². The van der Waals surface area contributed by atoms with Gasteiger partial charge >= 0.3 is 0 Å². The van der Waals surface area contributed by atoms with E-state index in [1.54, 1.807) is 29.0 Å². The van der Waals surface area contributed by atoms with Gasteiger partial charge < -0.3 is 10.1 Å². The Bertz CT molecular complexity index is 1380. The van der Waals surface area contributed by atoms with Gasteiger partial charge in [0, 0.05) is 29.8 Å². The van der Waals surface area contributed by atoms with Crippen LogP contribution < -0.4 is 10.9 Å². The number of nitrogens with one attached hydrogen (secondary N) is 1. The zero-order valence-corrected chi connectivity index (χ0v) is 20.5. The summed E-state index contributed by atoms with van der Waals surface area (Å²) in [5.41, 5.74) is 1.85. The number of fused-ring (bicyclic) bond motifs is 2. The number of anilines is 1. The summed E-state index contributed by atoms with van der Waals surface area (Å²) in [5.74, 6) is -0.103. The molecule has 2 heterocycles. The highest BCUT2D eigenvalue weighted by Gasteiger charge is 2.14. The summed E-state index contributed by atoms with van der Waals surface area (Å²) in [4.78, 5) is 34.9. The molecule has 1 amide bonds. The van der Waals surface area contributed by atoms with Crippen molar-refractivity contribution in [3.8, 4) is 0 Å². The zero-order valence-electron chi connectivity index (χ0n) is 19.0. The van der Waals surface area contributed by atoms with E-state index in [0.717, 1.165) is 10.9 Å². The quantitative estimate of drug-likeness (QED) is 0.196. The summed E-state index contributed by atoms with van der Waals surface area (Å²) in [6.45, 7) is 4.91. The number of halogens is 1. The van der Waals surface area contributed by atoms with Crippen molar-refractivity contribution >= 4 is 56.8 Å². The number of rotatable bonds is 9. The van der Waals surface area contributed by atoms with Crippen LogP contribution in [0.15, 0.2) is 64.7 Å². The number of nitrogens with zero attached hydrogens (tertiary/aromatic N) is 3. The lowest BCUT2D eigenvalue weighted by atomic mass is 10.2. The lowest BCUT2D eigenvalue weighted by molar-refractivity contribution is -0.113. The van der Waals surface area contributed by atoms with Gasteiger partial charge in [0.1, 0.15) is 0 Å². The minimum atomic E-state index is -0.198. The Morgan fingerprint density at radius 2 is 2.00 bits per heavy atom. The lowest BCUT2D eigenvalue weighted by Crippen LogP contribution is -2.25. The SMILES string of the molecule is CC(C)OCCCn1c(SCC(=O)Nc2cccc3ncccc23)nc2cc(Cl)ccc2c1=O. The standard InChI is InChI=1S/C25H25ClN4O3S/c1-16(2)33-13-5-12-30-24(32)19-10-9-17(26)14-22(19)29-25(30)34-15-23(31)28-21-8-3-7-20-18(21)6-4-11-27-20/h3-4,6-11,14,16H,5,12-13,15H2,1-2H3,(H,28,31). The van der Waals surface area contributed by atoms with E-state index in [1.807, 2.05) is 44.2 Å². The van der Waals surface area contributed by atoms with E-state index in [1.165, 1.54) is 11.8 Å². The topological polar surface area (TPSA) is 86.1 Å². The number of hydrogen-bond acceptors (Lipinski definition) is 6. The first-order chi connectivity index (χ1) is 16.4. The molecule has 0 radical (unpaired) electrons. The number of ether oxygens (including phenoxy) is 1. The summed E-state index contributed by atoms with van der Waals surface area (Å²) in [6, 6.07) is 14.4. The number of hydrogen-bond donors (Lipinski definition) is 1. The highest BCUT2D eigenvalue weighted by Crippen LogP contribution is 2.23. The number of pyridine rings is 1. The molecule has 34 heavy (non-hydrogen) atoms. The van der Waals surface area contributed by atoms with Crippen LogP contribution in [0.2, 0.25) is 5.02 Å². The molecule has 176 valence electrons. The van der Waals surface area contributed by atoms with E-state index in [2.05, 4.69) is 15.3 Å². The van der Waals surface area contributed by atoms with E-state index in [0.29, 0.717) is 46.3 Å². The average Bonchev–Trinajstić information content (AvgIpc) is 2.81. The molecule has 0 fully saturated rings. The Morgan fingerprint density at radius 1 is 1.15 bits per heavy atom. The smallest absolute Gasteiger partial charge is 0.262 e. The van der Waals surface area contributed by atoms with E-state index >= 15 is 0 Å². The van der Waals surface area contributed by atoms with E-state index in [9.17, 15) is 9.59 Å². The van der Waals surface area contributed by atoms with Crippen LogP contribution in [0.3, 0.4) is 0 Å². The average molecular weight is 497 g/mol. The Balaban J connectivity index is 1.55. The van der Waals surface area contributed by atoms with E-state index in [4.69, 9.17) is 16.3 Å². The molecule has 0 bridgehead atoms. The van der Waals surface area contributed by atoms with Crippen molar-refractivity contribution in [2.45, 2.75) is 38.1 Å². The summed E-state index contributed by atoms with van der Waals surface area (Å²) < 4.78 is 7.23.